The molecule has 0 aliphatic carbocycles. The molecule has 0 unspecified atom stereocenters. The Hall–Kier alpha value is -1.78. The van der Waals surface area contributed by atoms with Crippen molar-refractivity contribution in [1.82, 2.24) is 4.57 Å². The van der Waals surface area contributed by atoms with Crippen LogP contribution in [0.25, 0.3) is 0 Å². The standard InChI is InChI=1S/C12H16N2O3/c1-8-6-10(15)14-5-3-2-4-13-12(14)9(8)7-11(16)17/h6,13H,2-5,7H2,1H3,(H,16,17). The Morgan fingerprint density at radius 3 is 3.00 bits per heavy atom. The van der Waals surface area contributed by atoms with Crippen LogP contribution in [0.2, 0.25) is 0 Å². The van der Waals surface area contributed by atoms with E-state index in [1.165, 1.54) is 6.07 Å². The lowest BCUT2D eigenvalue weighted by Gasteiger charge is -2.16. The molecule has 1 aromatic heterocycles. The summed E-state index contributed by atoms with van der Waals surface area (Å²) in [5.41, 5.74) is 1.41. The van der Waals surface area contributed by atoms with E-state index < -0.39 is 5.97 Å². The third kappa shape index (κ3) is 2.33. The summed E-state index contributed by atoms with van der Waals surface area (Å²) >= 11 is 0. The minimum absolute atomic E-state index is 0.0472. The van der Waals surface area contributed by atoms with Crippen LogP contribution in [0.1, 0.15) is 24.0 Å². The number of hydrogen-bond donors (Lipinski definition) is 2. The van der Waals surface area contributed by atoms with Crippen molar-refractivity contribution in [1.29, 1.82) is 0 Å². The number of fused-ring (bicyclic) bond motifs is 1. The van der Waals surface area contributed by atoms with Crippen molar-refractivity contribution in [3.8, 4) is 0 Å². The molecule has 0 amide bonds. The van der Waals surface area contributed by atoms with Gasteiger partial charge < -0.3 is 10.4 Å². The Labute approximate surface area is 99.1 Å². The SMILES string of the molecule is Cc1cc(=O)n2c(c1CC(=O)O)NCCCC2. The zero-order valence-electron chi connectivity index (χ0n) is 9.82. The van der Waals surface area contributed by atoms with E-state index in [-0.39, 0.29) is 12.0 Å². The summed E-state index contributed by atoms with van der Waals surface area (Å²) in [5, 5.41) is 12.1. The van der Waals surface area contributed by atoms with Crippen LogP contribution in [-0.2, 0) is 17.8 Å². The van der Waals surface area contributed by atoms with Gasteiger partial charge in [-0.05, 0) is 25.3 Å². The maximum Gasteiger partial charge on any atom is 0.307 e. The maximum atomic E-state index is 11.9. The molecule has 1 aliphatic heterocycles. The molecule has 0 spiro atoms. The molecule has 92 valence electrons. The Morgan fingerprint density at radius 2 is 2.29 bits per heavy atom. The third-order valence-corrected chi connectivity index (χ3v) is 3.07. The largest absolute Gasteiger partial charge is 0.481 e. The lowest BCUT2D eigenvalue weighted by atomic mass is 10.1. The van der Waals surface area contributed by atoms with Gasteiger partial charge in [0.15, 0.2) is 0 Å². The number of carboxylic acids is 1. The molecular formula is C12H16N2O3. The predicted octanol–water partition coefficient (Wildman–Crippen LogP) is 0.990. The van der Waals surface area contributed by atoms with Gasteiger partial charge in [-0.25, -0.2) is 0 Å². The monoisotopic (exact) mass is 236 g/mol. The number of nitrogens with zero attached hydrogens (tertiary/aromatic N) is 1. The molecule has 0 bridgehead atoms. The fourth-order valence-electron chi connectivity index (χ4n) is 2.21. The zero-order chi connectivity index (χ0) is 12.4. The minimum atomic E-state index is -0.874. The van der Waals surface area contributed by atoms with Crippen LogP contribution >= 0.6 is 0 Å². The number of aromatic nitrogens is 1. The van der Waals surface area contributed by atoms with E-state index in [9.17, 15) is 9.59 Å². The first-order valence-electron chi connectivity index (χ1n) is 5.78. The van der Waals surface area contributed by atoms with Crippen molar-refractivity contribution in [2.24, 2.45) is 0 Å². The number of pyridine rings is 1. The molecule has 0 saturated heterocycles. The second kappa shape index (κ2) is 4.61. The molecule has 0 aromatic carbocycles. The van der Waals surface area contributed by atoms with Crippen LogP contribution in [0.15, 0.2) is 10.9 Å². The van der Waals surface area contributed by atoms with Gasteiger partial charge in [0, 0.05) is 24.7 Å². The Bertz CT molecular complexity index is 505. The number of carboxylic acid groups (broad SMARTS) is 1. The zero-order valence-corrected chi connectivity index (χ0v) is 9.82. The molecule has 0 fully saturated rings. The van der Waals surface area contributed by atoms with Gasteiger partial charge in [-0.1, -0.05) is 0 Å². The summed E-state index contributed by atoms with van der Waals surface area (Å²) in [6.45, 7) is 3.23. The van der Waals surface area contributed by atoms with E-state index in [1.807, 2.05) is 0 Å². The summed E-state index contributed by atoms with van der Waals surface area (Å²) in [7, 11) is 0. The van der Waals surface area contributed by atoms with E-state index in [4.69, 9.17) is 5.11 Å². The smallest absolute Gasteiger partial charge is 0.307 e. The number of hydrogen-bond acceptors (Lipinski definition) is 3. The average Bonchev–Trinajstić information content (AvgIpc) is 2.49. The molecule has 5 heteroatoms. The lowest BCUT2D eigenvalue weighted by molar-refractivity contribution is -0.136. The molecule has 17 heavy (non-hydrogen) atoms. The predicted molar refractivity (Wildman–Crippen MR) is 64.5 cm³/mol. The van der Waals surface area contributed by atoms with Crippen molar-refractivity contribution >= 4 is 11.8 Å². The molecule has 2 heterocycles. The van der Waals surface area contributed by atoms with Crippen LogP contribution in [0, 0.1) is 6.92 Å². The van der Waals surface area contributed by atoms with Crippen LogP contribution in [-0.4, -0.2) is 22.2 Å². The average molecular weight is 236 g/mol. The van der Waals surface area contributed by atoms with Crippen molar-refractivity contribution in [3.63, 3.8) is 0 Å². The molecule has 0 atom stereocenters. The highest BCUT2D eigenvalue weighted by atomic mass is 16.4. The van der Waals surface area contributed by atoms with Crippen LogP contribution in [0.4, 0.5) is 5.82 Å². The van der Waals surface area contributed by atoms with Crippen molar-refractivity contribution in [3.05, 3.63) is 27.5 Å². The number of anilines is 1. The number of aryl methyl sites for hydroxylation is 1. The fourth-order valence-corrected chi connectivity index (χ4v) is 2.21. The van der Waals surface area contributed by atoms with Gasteiger partial charge in [-0.15, -0.1) is 0 Å². The first-order valence-corrected chi connectivity index (χ1v) is 5.78. The summed E-state index contributed by atoms with van der Waals surface area (Å²) in [4.78, 5) is 22.7. The third-order valence-electron chi connectivity index (χ3n) is 3.07. The number of carbonyl (C=O) groups is 1. The van der Waals surface area contributed by atoms with Gasteiger partial charge in [-0.2, -0.15) is 0 Å². The molecule has 0 radical (unpaired) electrons. The second-order valence-corrected chi connectivity index (χ2v) is 4.35. The highest BCUT2D eigenvalue weighted by Gasteiger charge is 2.17. The summed E-state index contributed by atoms with van der Waals surface area (Å²) in [6.07, 6.45) is 1.89. The summed E-state index contributed by atoms with van der Waals surface area (Å²) in [5.74, 6) is -0.185. The van der Waals surface area contributed by atoms with E-state index >= 15 is 0 Å². The van der Waals surface area contributed by atoms with Crippen LogP contribution in [0.5, 0.6) is 0 Å². The van der Waals surface area contributed by atoms with Gasteiger partial charge in [-0.3, -0.25) is 14.2 Å². The lowest BCUT2D eigenvalue weighted by Crippen LogP contribution is -2.24. The van der Waals surface area contributed by atoms with Gasteiger partial charge in [0.25, 0.3) is 5.56 Å². The number of rotatable bonds is 2. The van der Waals surface area contributed by atoms with Crippen LogP contribution < -0.4 is 10.9 Å². The molecule has 5 nitrogen and oxygen atoms in total. The second-order valence-electron chi connectivity index (χ2n) is 4.35. The first-order chi connectivity index (χ1) is 8.09. The van der Waals surface area contributed by atoms with Gasteiger partial charge in [0.05, 0.1) is 6.42 Å². The summed E-state index contributed by atoms with van der Waals surface area (Å²) in [6, 6.07) is 1.52. The van der Waals surface area contributed by atoms with Crippen molar-refractivity contribution < 1.29 is 9.90 Å². The Kier molecular flexibility index (Phi) is 3.17. The highest BCUT2D eigenvalue weighted by Crippen LogP contribution is 2.21. The van der Waals surface area contributed by atoms with Crippen molar-refractivity contribution in [2.75, 3.05) is 11.9 Å². The van der Waals surface area contributed by atoms with E-state index in [2.05, 4.69) is 5.32 Å². The Morgan fingerprint density at radius 1 is 1.53 bits per heavy atom. The minimum Gasteiger partial charge on any atom is -0.481 e. The first kappa shape index (κ1) is 11.7. The van der Waals surface area contributed by atoms with E-state index in [0.29, 0.717) is 12.4 Å². The normalized spacial score (nSPS) is 14.6. The van der Waals surface area contributed by atoms with Crippen molar-refractivity contribution in [2.45, 2.75) is 32.7 Å². The summed E-state index contributed by atoms with van der Waals surface area (Å²) < 4.78 is 1.65. The molecule has 1 aliphatic rings. The van der Waals surface area contributed by atoms with Crippen LogP contribution in [0.3, 0.4) is 0 Å². The van der Waals surface area contributed by atoms with Gasteiger partial charge in [0.2, 0.25) is 0 Å². The van der Waals surface area contributed by atoms with E-state index in [1.54, 1.807) is 11.5 Å². The quantitative estimate of drug-likeness (QED) is 0.803. The Balaban J connectivity index is 2.57. The van der Waals surface area contributed by atoms with Gasteiger partial charge in [0.1, 0.15) is 5.82 Å². The molecule has 0 saturated carbocycles. The molecule has 2 rings (SSSR count). The highest BCUT2D eigenvalue weighted by molar-refractivity contribution is 5.73. The van der Waals surface area contributed by atoms with E-state index in [0.717, 1.165) is 30.5 Å². The molecular weight excluding hydrogens is 220 g/mol. The number of nitrogens with one attached hydrogen (secondary N) is 1. The fraction of sp³-hybridized carbons (Fsp3) is 0.500. The van der Waals surface area contributed by atoms with Gasteiger partial charge >= 0.3 is 5.97 Å². The topological polar surface area (TPSA) is 71.3 Å². The molecule has 2 N–H and O–H groups in total. The number of aliphatic carboxylic acids is 1. The maximum absolute atomic E-state index is 11.9. The molecule has 1 aromatic rings.